The Morgan fingerprint density at radius 1 is 1.22 bits per heavy atom. The Morgan fingerprint density at radius 3 is 2.22 bits per heavy atom. The van der Waals surface area contributed by atoms with Crippen molar-refractivity contribution in [2.45, 2.75) is 18.6 Å². The molecule has 0 aliphatic carbocycles. The van der Waals surface area contributed by atoms with Gasteiger partial charge < -0.3 is 15.7 Å². The molecule has 122 valence electrons. The highest BCUT2D eigenvalue weighted by molar-refractivity contribution is 5.95. The minimum Gasteiger partial charge on any atom is -0.480 e. The van der Waals surface area contributed by atoms with Gasteiger partial charge in [0.15, 0.2) is 0 Å². The van der Waals surface area contributed by atoms with Gasteiger partial charge in [0.25, 0.3) is 0 Å². The molecule has 0 radical (unpaired) electrons. The maximum atomic E-state index is 12.1. The Morgan fingerprint density at radius 2 is 1.78 bits per heavy atom. The van der Waals surface area contributed by atoms with Gasteiger partial charge >= 0.3 is 18.1 Å². The number of carboxylic acids is 1. The Hall–Kier alpha value is -3.09. The van der Waals surface area contributed by atoms with E-state index in [9.17, 15) is 27.6 Å². The lowest BCUT2D eigenvalue weighted by Gasteiger charge is -2.15. The second-order valence-electron chi connectivity index (χ2n) is 4.30. The monoisotopic (exact) mass is 329 g/mol. The van der Waals surface area contributed by atoms with Crippen LogP contribution in [0.4, 0.5) is 18.9 Å². The number of amides is 2. The molecule has 0 bridgehead atoms. The lowest BCUT2D eigenvalue weighted by molar-refractivity contribution is -0.175. The molecule has 0 aliphatic rings. The van der Waals surface area contributed by atoms with E-state index in [0.717, 1.165) is 0 Å². The summed E-state index contributed by atoms with van der Waals surface area (Å²) in [6, 6.07) is 5.31. The van der Waals surface area contributed by atoms with Crippen LogP contribution in [-0.2, 0) is 14.4 Å². The smallest absolute Gasteiger partial charge is 0.471 e. The zero-order valence-electron chi connectivity index (χ0n) is 11.3. The van der Waals surface area contributed by atoms with Gasteiger partial charge in [-0.25, -0.2) is 4.79 Å². The van der Waals surface area contributed by atoms with E-state index < -0.39 is 36.4 Å². The maximum Gasteiger partial charge on any atom is 0.471 e. The summed E-state index contributed by atoms with van der Waals surface area (Å²) in [6.07, 6.45) is -6.14. The highest BCUT2D eigenvalue weighted by atomic mass is 19.4. The third-order valence-electron chi connectivity index (χ3n) is 2.55. The first-order valence-corrected chi connectivity index (χ1v) is 6.04. The molecule has 7 nitrogen and oxygen atoms in total. The van der Waals surface area contributed by atoms with E-state index >= 15 is 0 Å². The quantitative estimate of drug-likeness (QED) is 0.745. The normalized spacial score (nSPS) is 11.9. The number of carbonyl (C=O) groups excluding carboxylic acids is 2. The zero-order chi connectivity index (χ0) is 17.6. The van der Waals surface area contributed by atoms with E-state index in [0.29, 0.717) is 5.56 Å². The molecule has 0 saturated heterocycles. The number of nitriles is 1. The standard InChI is InChI=1S/C13H10F3N3O4/c14-13(15,16)12(23)19-9(11(21)22)5-10(20)18-8-3-1-7(6-17)2-4-8/h1-4,9H,5H2,(H,18,20)(H,19,23)(H,21,22)/t9-/m1/s1. The van der Waals surface area contributed by atoms with Gasteiger partial charge in [0, 0.05) is 5.69 Å². The second kappa shape index (κ2) is 7.26. The first kappa shape index (κ1) is 18.0. The number of hydrogen-bond acceptors (Lipinski definition) is 4. The molecule has 0 aliphatic heterocycles. The third-order valence-corrected chi connectivity index (χ3v) is 2.55. The first-order chi connectivity index (χ1) is 10.6. The topological polar surface area (TPSA) is 119 Å². The summed E-state index contributed by atoms with van der Waals surface area (Å²) in [5.41, 5.74) is 0.545. The minimum atomic E-state index is -5.25. The van der Waals surface area contributed by atoms with Crippen molar-refractivity contribution in [2.24, 2.45) is 0 Å². The van der Waals surface area contributed by atoms with E-state index in [2.05, 4.69) is 5.32 Å². The number of benzene rings is 1. The molecule has 0 spiro atoms. The van der Waals surface area contributed by atoms with E-state index in [1.165, 1.54) is 29.6 Å². The highest BCUT2D eigenvalue weighted by Gasteiger charge is 2.41. The molecule has 0 aromatic heterocycles. The van der Waals surface area contributed by atoms with Crippen molar-refractivity contribution in [3.8, 4) is 6.07 Å². The van der Waals surface area contributed by atoms with Gasteiger partial charge in [0.05, 0.1) is 18.1 Å². The molecule has 23 heavy (non-hydrogen) atoms. The summed E-state index contributed by atoms with van der Waals surface area (Å²) >= 11 is 0. The molecule has 10 heteroatoms. The zero-order valence-corrected chi connectivity index (χ0v) is 11.3. The van der Waals surface area contributed by atoms with Crippen molar-refractivity contribution < 1.29 is 32.7 Å². The summed E-state index contributed by atoms with van der Waals surface area (Å²) in [6.45, 7) is 0. The molecule has 3 N–H and O–H groups in total. The van der Waals surface area contributed by atoms with Crippen molar-refractivity contribution in [3.05, 3.63) is 29.8 Å². The Bertz CT molecular complexity index is 650. The number of carboxylic acid groups (broad SMARTS) is 1. The largest absolute Gasteiger partial charge is 0.480 e. The third kappa shape index (κ3) is 5.66. The highest BCUT2D eigenvalue weighted by Crippen LogP contribution is 2.15. The molecule has 1 aromatic rings. The molecule has 0 fully saturated rings. The lowest BCUT2D eigenvalue weighted by Crippen LogP contribution is -2.48. The Kier molecular flexibility index (Phi) is 5.67. The van der Waals surface area contributed by atoms with Crippen LogP contribution >= 0.6 is 0 Å². The fraction of sp³-hybridized carbons (Fsp3) is 0.231. The predicted molar refractivity (Wildman–Crippen MR) is 70.0 cm³/mol. The van der Waals surface area contributed by atoms with Crippen LogP contribution in [-0.4, -0.2) is 35.1 Å². The number of anilines is 1. The van der Waals surface area contributed by atoms with Gasteiger partial charge in [-0.2, -0.15) is 18.4 Å². The van der Waals surface area contributed by atoms with Crippen LogP contribution in [0.3, 0.4) is 0 Å². The first-order valence-electron chi connectivity index (χ1n) is 6.04. The Balaban J connectivity index is 2.69. The Labute approximate surface area is 127 Å². The number of alkyl halides is 3. The van der Waals surface area contributed by atoms with E-state index in [4.69, 9.17) is 10.4 Å². The summed E-state index contributed by atoms with van der Waals surface area (Å²) in [7, 11) is 0. The number of hydrogen-bond donors (Lipinski definition) is 3. The van der Waals surface area contributed by atoms with Crippen molar-refractivity contribution >= 4 is 23.5 Å². The summed E-state index contributed by atoms with van der Waals surface area (Å²) < 4.78 is 36.3. The van der Waals surface area contributed by atoms with Crippen LogP contribution in [0.15, 0.2) is 24.3 Å². The van der Waals surface area contributed by atoms with E-state index in [1.54, 1.807) is 0 Å². The number of aliphatic carboxylic acids is 1. The van der Waals surface area contributed by atoms with Crippen LogP contribution in [0.25, 0.3) is 0 Å². The number of carbonyl (C=O) groups is 3. The van der Waals surface area contributed by atoms with Crippen LogP contribution in [0.2, 0.25) is 0 Å². The molecule has 0 unspecified atom stereocenters. The van der Waals surface area contributed by atoms with E-state index in [-0.39, 0.29) is 5.69 Å². The second-order valence-corrected chi connectivity index (χ2v) is 4.30. The number of nitrogens with one attached hydrogen (secondary N) is 2. The summed E-state index contributed by atoms with van der Waals surface area (Å²) in [5, 5.41) is 20.8. The van der Waals surface area contributed by atoms with E-state index in [1.807, 2.05) is 6.07 Å². The van der Waals surface area contributed by atoms with Crippen molar-refractivity contribution in [2.75, 3.05) is 5.32 Å². The van der Waals surface area contributed by atoms with Crippen LogP contribution in [0.5, 0.6) is 0 Å². The van der Waals surface area contributed by atoms with Crippen LogP contribution in [0.1, 0.15) is 12.0 Å². The number of rotatable bonds is 5. The van der Waals surface area contributed by atoms with Crippen LogP contribution < -0.4 is 10.6 Å². The van der Waals surface area contributed by atoms with Gasteiger partial charge in [0.2, 0.25) is 5.91 Å². The molecule has 1 atom stereocenters. The van der Waals surface area contributed by atoms with Crippen molar-refractivity contribution in [1.29, 1.82) is 5.26 Å². The fourth-order valence-electron chi connectivity index (χ4n) is 1.47. The predicted octanol–water partition coefficient (Wildman–Crippen LogP) is 1.02. The average molecular weight is 329 g/mol. The molecule has 0 heterocycles. The van der Waals surface area contributed by atoms with Gasteiger partial charge in [0.1, 0.15) is 6.04 Å². The van der Waals surface area contributed by atoms with Gasteiger partial charge in [-0.3, -0.25) is 9.59 Å². The summed E-state index contributed by atoms with van der Waals surface area (Å²) in [4.78, 5) is 33.2. The molecule has 1 rings (SSSR count). The van der Waals surface area contributed by atoms with Gasteiger partial charge in [-0.05, 0) is 24.3 Å². The lowest BCUT2D eigenvalue weighted by atomic mass is 10.1. The fourth-order valence-corrected chi connectivity index (χ4v) is 1.47. The molecular formula is C13H10F3N3O4. The van der Waals surface area contributed by atoms with Gasteiger partial charge in [-0.1, -0.05) is 0 Å². The molecule has 0 saturated carbocycles. The maximum absolute atomic E-state index is 12.1. The molecule has 2 amide bonds. The SMILES string of the molecule is N#Cc1ccc(NC(=O)C[C@@H](NC(=O)C(F)(F)F)C(=O)O)cc1. The van der Waals surface area contributed by atoms with Crippen LogP contribution in [0, 0.1) is 11.3 Å². The summed E-state index contributed by atoms with van der Waals surface area (Å²) in [5.74, 6) is -5.14. The number of nitrogens with zero attached hydrogens (tertiary/aromatic N) is 1. The minimum absolute atomic E-state index is 0.222. The number of halogens is 3. The molecule has 1 aromatic carbocycles. The molecular weight excluding hydrogens is 319 g/mol. The van der Waals surface area contributed by atoms with Gasteiger partial charge in [-0.15, -0.1) is 0 Å². The van der Waals surface area contributed by atoms with Crippen molar-refractivity contribution in [1.82, 2.24) is 5.32 Å². The van der Waals surface area contributed by atoms with Crippen molar-refractivity contribution in [3.63, 3.8) is 0 Å². The average Bonchev–Trinajstić information content (AvgIpc) is 2.46.